The standard InChI is InChI=1S/C10H6Cl2F3N3O/c11-4-8-17-18-9(19-8)16-7-2-1-5(3-6(7)12)10(13,14)15/h1-3H,4H2,(H,16,18). The van der Waals surface area contributed by atoms with Crippen LogP contribution in [-0.4, -0.2) is 10.2 Å². The predicted molar refractivity (Wildman–Crippen MR) is 63.6 cm³/mol. The third kappa shape index (κ3) is 3.30. The van der Waals surface area contributed by atoms with Crippen molar-refractivity contribution in [1.82, 2.24) is 10.2 Å². The molecule has 2 aromatic rings. The fourth-order valence-corrected chi connectivity index (χ4v) is 1.60. The minimum atomic E-state index is -4.45. The SMILES string of the molecule is FC(F)(F)c1ccc(Nc2nnc(CCl)o2)c(Cl)c1. The first-order chi connectivity index (χ1) is 8.90. The van der Waals surface area contributed by atoms with E-state index in [0.717, 1.165) is 12.1 Å². The van der Waals surface area contributed by atoms with Gasteiger partial charge in [0.2, 0.25) is 5.89 Å². The maximum Gasteiger partial charge on any atom is 0.416 e. The van der Waals surface area contributed by atoms with Gasteiger partial charge in [-0.1, -0.05) is 16.7 Å². The van der Waals surface area contributed by atoms with Crippen molar-refractivity contribution in [2.24, 2.45) is 0 Å². The zero-order chi connectivity index (χ0) is 14.0. The second-order valence-corrected chi connectivity index (χ2v) is 4.13. The summed E-state index contributed by atoms with van der Waals surface area (Å²) in [5, 5.41) is 9.68. The average molecular weight is 312 g/mol. The molecule has 0 aliphatic heterocycles. The van der Waals surface area contributed by atoms with Crippen LogP contribution in [0.2, 0.25) is 5.02 Å². The highest BCUT2D eigenvalue weighted by Gasteiger charge is 2.30. The van der Waals surface area contributed by atoms with Crippen molar-refractivity contribution in [3.05, 3.63) is 34.7 Å². The molecule has 0 aliphatic rings. The van der Waals surface area contributed by atoms with Crippen LogP contribution in [0.1, 0.15) is 11.5 Å². The van der Waals surface area contributed by atoms with E-state index in [1.165, 1.54) is 6.07 Å². The Morgan fingerprint density at radius 1 is 1.26 bits per heavy atom. The maximum absolute atomic E-state index is 12.4. The molecule has 0 unspecified atom stereocenters. The van der Waals surface area contributed by atoms with Gasteiger partial charge in [-0.25, -0.2) is 0 Å². The van der Waals surface area contributed by atoms with Crippen LogP contribution in [0, 0.1) is 0 Å². The molecular formula is C10H6Cl2F3N3O. The number of nitrogens with zero attached hydrogens (tertiary/aromatic N) is 2. The van der Waals surface area contributed by atoms with Crippen LogP contribution >= 0.6 is 23.2 Å². The number of halogens is 5. The van der Waals surface area contributed by atoms with Crippen LogP contribution in [0.3, 0.4) is 0 Å². The quantitative estimate of drug-likeness (QED) is 0.862. The molecule has 0 atom stereocenters. The minimum Gasteiger partial charge on any atom is -0.407 e. The topological polar surface area (TPSA) is 51.0 Å². The van der Waals surface area contributed by atoms with Crippen LogP contribution in [-0.2, 0) is 12.1 Å². The van der Waals surface area contributed by atoms with Gasteiger partial charge in [-0.3, -0.25) is 0 Å². The molecule has 0 radical (unpaired) electrons. The number of anilines is 2. The van der Waals surface area contributed by atoms with Crippen molar-refractivity contribution in [2.75, 3.05) is 5.32 Å². The van der Waals surface area contributed by atoms with Crippen molar-refractivity contribution in [3.63, 3.8) is 0 Å². The summed E-state index contributed by atoms with van der Waals surface area (Å²) in [4.78, 5) is 0. The average Bonchev–Trinajstić information content (AvgIpc) is 2.78. The smallest absolute Gasteiger partial charge is 0.407 e. The third-order valence-corrected chi connectivity index (χ3v) is 2.66. The molecule has 9 heteroatoms. The summed E-state index contributed by atoms with van der Waals surface area (Å²) < 4.78 is 42.4. The molecule has 0 fully saturated rings. The van der Waals surface area contributed by atoms with Crippen molar-refractivity contribution < 1.29 is 17.6 Å². The van der Waals surface area contributed by atoms with E-state index in [1.807, 2.05) is 0 Å². The van der Waals surface area contributed by atoms with E-state index in [0.29, 0.717) is 0 Å². The summed E-state index contributed by atoms with van der Waals surface area (Å²) >= 11 is 11.2. The van der Waals surface area contributed by atoms with E-state index in [2.05, 4.69) is 15.5 Å². The molecule has 19 heavy (non-hydrogen) atoms. The van der Waals surface area contributed by atoms with Gasteiger partial charge in [-0.2, -0.15) is 13.2 Å². The van der Waals surface area contributed by atoms with Gasteiger partial charge in [0.05, 0.1) is 16.3 Å². The van der Waals surface area contributed by atoms with Crippen LogP contribution < -0.4 is 5.32 Å². The van der Waals surface area contributed by atoms with Crippen molar-refractivity contribution in [3.8, 4) is 0 Å². The van der Waals surface area contributed by atoms with Gasteiger partial charge in [0.1, 0.15) is 5.88 Å². The van der Waals surface area contributed by atoms with Gasteiger partial charge in [0.25, 0.3) is 0 Å². The number of hydrogen-bond acceptors (Lipinski definition) is 4. The Labute approximate surface area is 115 Å². The summed E-state index contributed by atoms with van der Waals surface area (Å²) in [6.45, 7) is 0. The second kappa shape index (κ2) is 5.26. The van der Waals surface area contributed by atoms with Gasteiger partial charge < -0.3 is 9.73 Å². The highest BCUT2D eigenvalue weighted by molar-refractivity contribution is 6.33. The largest absolute Gasteiger partial charge is 0.416 e. The Balaban J connectivity index is 2.22. The highest BCUT2D eigenvalue weighted by Crippen LogP contribution is 2.34. The molecule has 0 saturated heterocycles. The first-order valence-electron chi connectivity index (χ1n) is 4.92. The molecule has 1 aromatic carbocycles. The lowest BCUT2D eigenvalue weighted by atomic mass is 10.2. The third-order valence-electron chi connectivity index (χ3n) is 2.12. The highest BCUT2D eigenvalue weighted by atomic mass is 35.5. The molecular weight excluding hydrogens is 306 g/mol. The number of nitrogens with one attached hydrogen (secondary N) is 1. The van der Waals surface area contributed by atoms with Crippen LogP contribution in [0.4, 0.5) is 24.9 Å². The Kier molecular flexibility index (Phi) is 3.86. The lowest BCUT2D eigenvalue weighted by molar-refractivity contribution is -0.137. The van der Waals surface area contributed by atoms with Gasteiger partial charge >= 0.3 is 12.2 Å². The Hall–Kier alpha value is -1.47. The zero-order valence-electron chi connectivity index (χ0n) is 9.13. The first-order valence-corrected chi connectivity index (χ1v) is 5.83. The molecule has 4 nitrogen and oxygen atoms in total. The fraction of sp³-hybridized carbons (Fsp3) is 0.200. The van der Waals surface area contributed by atoms with E-state index in [1.54, 1.807) is 0 Å². The Morgan fingerprint density at radius 2 is 2.00 bits per heavy atom. The van der Waals surface area contributed by atoms with Crippen LogP contribution in [0.25, 0.3) is 0 Å². The van der Waals surface area contributed by atoms with E-state index in [-0.39, 0.29) is 28.5 Å². The minimum absolute atomic E-state index is 0.00249. The monoisotopic (exact) mass is 311 g/mol. The molecule has 1 N–H and O–H groups in total. The number of aromatic nitrogens is 2. The van der Waals surface area contributed by atoms with Crippen LogP contribution in [0.15, 0.2) is 22.6 Å². The Morgan fingerprint density at radius 3 is 2.53 bits per heavy atom. The van der Waals surface area contributed by atoms with E-state index >= 15 is 0 Å². The molecule has 0 bridgehead atoms. The number of rotatable bonds is 3. The number of benzene rings is 1. The molecule has 0 aliphatic carbocycles. The molecule has 0 spiro atoms. The molecule has 0 amide bonds. The molecule has 2 rings (SSSR count). The summed E-state index contributed by atoms with van der Waals surface area (Å²) in [7, 11) is 0. The summed E-state index contributed by atoms with van der Waals surface area (Å²) in [5.74, 6) is 0.224. The Bertz CT molecular complexity index is 586. The van der Waals surface area contributed by atoms with Gasteiger partial charge in [0.15, 0.2) is 0 Å². The molecule has 1 heterocycles. The zero-order valence-corrected chi connectivity index (χ0v) is 10.6. The summed E-state index contributed by atoms with van der Waals surface area (Å²) in [6, 6.07) is 2.88. The van der Waals surface area contributed by atoms with Gasteiger partial charge in [0, 0.05) is 0 Å². The normalized spacial score (nSPS) is 11.6. The van der Waals surface area contributed by atoms with E-state index in [9.17, 15) is 13.2 Å². The number of hydrogen-bond donors (Lipinski definition) is 1. The number of alkyl halides is 4. The molecule has 1 aromatic heterocycles. The lowest BCUT2D eigenvalue weighted by Gasteiger charge is -2.09. The second-order valence-electron chi connectivity index (χ2n) is 3.45. The van der Waals surface area contributed by atoms with Crippen molar-refractivity contribution >= 4 is 34.9 Å². The maximum atomic E-state index is 12.4. The van der Waals surface area contributed by atoms with E-state index < -0.39 is 11.7 Å². The fourth-order valence-electron chi connectivity index (χ4n) is 1.27. The lowest BCUT2D eigenvalue weighted by Crippen LogP contribution is -2.05. The van der Waals surface area contributed by atoms with Gasteiger partial charge in [-0.05, 0) is 18.2 Å². The molecule has 0 saturated carbocycles. The first kappa shape index (κ1) is 14.0. The van der Waals surface area contributed by atoms with Crippen molar-refractivity contribution in [1.29, 1.82) is 0 Å². The van der Waals surface area contributed by atoms with Crippen LogP contribution in [0.5, 0.6) is 0 Å². The van der Waals surface area contributed by atoms with Crippen molar-refractivity contribution in [2.45, 2.75) is 12.1 Å². The summed E-state index contributed by atoms with van der Waals surface area (Å²) in [6.07, 6.45) is -4.45. The summed E-state index contributed by atoms with van der Waals surface area (Å²) in [5.41, 5.74) is -0.616. The molecule has 102 valence electrons. The predicted octanol–water partition coefficient (Wildman–Crippen LogP) is 4.22. The van der Waals surface area contributed by atoms with Gasteiger partial charge in [-0.15, -0.1) is 16.7 Å². The van der Waals surface area contributed by atoms with E-state index in [4.69, 9.17) is 27.6 Å².